The molecule has 0 unspecified atom stereocenters. The number of aromatic nitrogens is 2. The predicted octanol–water partition coefficient (Wildman–Crippen LogP) is 10.9. The number of nitrogens with zero attached hydrogens (tertiary/aromatic N) is 2. The molecule has 0 spiro atoms. The van der Waals surface area contributed by atoms with Crippen molar-refractivity contribution < 1.29 is 20.1 Å². The third kappa shape index (κ3) is 8.66. The van der Waals surface area contributed by atoms with Gasteiger partial charge in [-0.3, -0.25) is 0 Å². The van der Waals surface area contributed by atoms with Gasteiger partial charge in [0.15, 0.2) is 12.4 Å². The van der Waals surface area contributed by atoms with Crippen molar-refractivity contribution in [3.05, 3.63) is 131 Å². The first-order chi connectivity index (χ1) is 25.4. The van der Waals surface area contributed by atoms with Crippen LogP contribution >= 0.6 is 0 Å². The largest absolute Gasteiger partial charge is 0.212 e. The summed E-state index contributed by atoms with van der Waals surface area (Å²) in [6.07, 6.45) is 4.77. The molecule has 0 aliphatic rings. The fraction of sp³-hybridized carbons (Fsp3) is 0.378. The maximum absolute atomic E-state index is 8.57. The van der Waals surface area contributed by atoms with E-state index in [-0.39, 0.29) is 5.41 Å². The van der Waals surface area contributed by atoms with E-state index in [2.05, 4.69) is 50.7 Å². The van der Waals surface area contributed by atoms with Crippen molar-refractivity contribution in [1.82, 2.24) is 0 Å². The molecule has 2 heterocycles. The lowest BCUT2D eigenvalue weighted by molar-refractivity contribution is -0.661. The van der Waals surface area contributed by atoms with Crippen LogP contribution in [0, 0.1) is 33.0 Å². The first-order valence-corrected chi connectivity index (χ1v) is 16.7. The van der Waals surface area contributed by atoms with Gasteiger partial charge in [-0.25, -0.2) is 9.13 Å². The molecule has 0 bridgehead atoms. The fourth-order valence-electron chi connectivity index (χ4n) is 6.09. The van der Waals surface area contributed by atoms with Crippen molar-refractivity contribution in [2.45, 2.75) is 93.7 Å². The second-order valence-corrected chi connectivity index (χ2v) is 14.1. The Hall–Kier alpha value is -4.04. The van der Waals surface area contributed by atoms with E-state index in [4.69, 9.17) is 11.0 Å². The molecule has 2 heteroatoms. The van der Waals surface area contributed by atoms with E-state index in [1.165, 1.54) is 5.56 Å². The van der Waals surface area contributed by atoms with E-state index >= 15 is 0 Å². The zero-order chi connectivity index (χ0) is 41.3. The SMILES string of the molecule is [2H]C([2H])([2H])c1cc(C)c(-c2ccc(C([2H])([2H])C(C)(C)C)c[n+]2C)cc1-c1ccccc1.[2H]C([2H])([2H])c1ccc(-c2ccc(C(C)(CC)CC)c[n+]2C)c(C)c1. The summed E-state index contributed by atoms with van der Waals surface area (Å²) in [5.41, 5.74) is 9.75. The maximum Gasteiger partial charge on any atom is 0.212 e. The summed E-state index contributed by atoms with van der Waals surface area (Å²) < 4.78 is 67.9. The van der Waals surface area contributed by atoms with Gasteiger partial charge >= 0.3 is 0 Å². The van der Waals surface area contributed by atoms with Gasteiger partial charge in [0.2, 0.25) is 11.4 Å². The quantitative estimate of drug-likeness (QED) is 0.157. The Bertz CT molecular complexity index is 2120. The van der Waals surface area contributed by atoms with Crippen molar-refractivity contribution in [2.24, 2.45) is 19.5 Å². The van der Waals surface area contributed by atoms with Crippen LogP contribution in [0.4, 0.5) is 0 Å². The average Bonchev–Trinajstić information content (AvgIpc) is 3.11. The number of rotatable bonds is 7. The molecule has 5 aromatic rings. The summed E-state index contributed by atoms with van der Waals surface area (Å²) in [6.45, 7) is 12.1. The molecule has 2 nitrogen and oxygen atoms in total. The molecule has 0 amide bonds. The summed E-state index contributed by atoms with van der Waals surface area (Å²) in [6, 6.07) is 26.8. The molecule has 0 aliphatic heterocycles. The van der Waals surface area contributed by atoms with Gasteiger partial charge < -0.3 is 0 Å². The minimum absolute atomic E-state index is 0.191. The molecule has 5 rings (SSSR count). The Labute approximate surface area is 297 Å². The van der Waals surface area contributed by atoms with E-state index in [1.807, 2.05) is 107 Å². The van der Waals surface area contributed by atoms with Crippen LogP contribution in [0.2, 0.25) is 0 Å². The van der Waals surface area contributed by atoms with Crippen molar-refractivity contribution in [2.75, 3.05) is 0 Å². The smallest absolute Gasteiger partial charge is 0.201 e. The predicted molar refractivity (Wildman–Crippen MR) is 202 cm³/mol. The Balaban J connectivity index is 0.000000253. The molecule has 0 fully saturated rings. The molecule has 47 heavy (non-hydrogen) atoms. The topological polar surface area (TPSA) is 7.76 Å². The first kappa shape index (κ1) is 26.0. The van der Waals surface area contributed by atoms with Gasteiger partial charge in [0.05, 0.1) is 0 Å². The third-order valence-corrected chi connectivity index (χ3v) is 9.27. The Morgan fingerprint density at radius 3 is 1.85 bits per heavy atom. The lowest BCUT2D eigenvalue weighted by atomic mass is 9.78. The minimum Gasteiger partial charge on any atom is -0.201 e. The van der Waals surface area contributed by atoms with E-state index in [9.17, 15) is 0 Å². The van der Waals surface area contributed by atoms with Gasteiger partial charge in [-0.05, 0) is 110 Å². The summed E-state index contributed by atoms with van der Waals surface area (Å²) in [4.78, 5) is 0. The highest BCUT2D eigenvalue weighted by Gasteiger charge is 2.26. The molecule has 0 N–H and O–H groups in total. The monoisotopic (exact) mass is 635 g/mol. The zero-order valence-corrected chi connectivity index (χ0v) is 30.0. The molecule has 246 valence electrons. The highest BCUT2D eigenvalue weighted by atomic mass is 14.9. The number of hydrogen-bond donors (Lipinski definition) is 0. The van der Waals surface area contributed by atoms with Gasteiger partial charge in [-0.1, -0.05) is 95.6 Å². The van der Waals surface area contributed by atoms with Crippen LogP contribution in [0.3, 0.4) is 0 Å². The summed E-state index contributed by atoms with van der Waals surface area (Å²) in [5.74, 6) is 0. The second-order valence-electron chi connectivity index (χ2n) is 14.1. The molecule has 2 aromatic heterocycles. The van der Waals surface area contributed by atoms with Crippen molar-refractivity contribution in [1.29, 1.82) is 0 Å². The van der Waals surface area contributed by atoms with Gasteiger partial charge in [0.1, 0.15) is 14.1 Å². The molecular formula is C45H58N2+2. The number of aryl methyl sites for hydroxylation is 6. The second kappa shape index (κ2) is 14.8. The standard InChI is InChI=1S/C25H30N.C20H28N/c1-18-14-19(2)23(15-22(18)21-10-8-7-9-11-21)24-13-12-20(17-26(24)6)16-25(3,4)5;1-7-20(5,8-2)17-10-12-19(21(6)14-17)18-11-9-15(3)13-16(18)4/h7-15,17H,16H2,1-6H3;9-14H,7-8H2,1-6H3/q2*+1/i1D3,16D2;3D3. The van der Waals surface area contributed by atoms with E-state index in [0.29, 0.717) is 22.3 Å². The van der Waals surface area contributed by atoms with Gasteiger partial charge in [0, 0.05) is 45.4 Å². The van der Waals surface area contributed by atoms with Crippen LogP contribution in [-0.4, -0.2) is 0 Å². The maximum atomic E-state index is 8.57. The van der Waals surface area contributed by atoms with Gasteiger partial charge in [0.25, 0.3) is 0 Å². The van der Waals surface area contributed by atoms with Crippen LogP contribution in [0.15, 0.2) is 97.3 Å². The van der Waals surface area contributed by atoms with Crippen LogP contribution in [0.5, 0.6) is 0 Å². The van der Waals surface area contributed by atoms with Crippen LogP contribution in [-0.2, 0) is 25.9 Å². The van der Waals surface area contributed by atoms with Crippen molar-refractivity contribution in [3.8, 4) is 33.6 Å². The average molecular weight is 635 g/mol. The van der Waals surface area contributed by atoms with Crippen molar-refractivity contribution >= 4 is 0 Å². The molecule has 0 atom stereocenters. The summed E-state index contributed by atoms with van der Waals surface area (Å²) >= 11 is 0. The van der Waals surface area contributed by atoms with Crippen LogP contribution < -0.4 is 9.13 Å². The highest BCUT2D eigenvalue weighted by molar-refractivity contribution is 5.75. The Morgan fingerprint density at radius 1 is 0.638 bits per heavy atom. The van der Waals surface area contributed by atoms with E-state index < -0.39 is 25.5 Å². The molecule has 0 saturated heterocycles. The summed E-state index contributed by atoms with van der Waals surface area (Å²) in [7, 11) is 3.96. The number of hydrogen-bond acceptors (Lipinski definition) is 0. The Kier molecular flexibility index (Phi) is 8.18. The van der Waals surface area contributed by atoms with Crippen LogP contribution in [0.25, 0.3) is 33.6 Å². The summed E-state index contributed by atoms with van der Waals surface area (Å²) in [5, 5.41) is 0. The molecule has 0 radical (unpaired) electrons. The number of pyridine rings is 2. The van der Waals surface area contributed by atoms with E-state index in [1.54, 1.807) is 18.2 Å². The van der Waals surface area contributed by atoms with E-state index in [0.717, 1.165) is 52.0 Å². The first-order valence-electron chi connectivity index (χ1n) is 20.7. The lowest BCUT2D eigenvalue weighted by Crippen LogP contribution is -2.34. The highest BCUT2D eigenvalue weighted by Crippen LogP contribution is 2.33. The molecular weight excluding hydrogens is 569 g/mol. The van der Waals surface area contributed by atoms with Gasteiger partial charge in [-0.15, -0.1) is 0 Å². The zero-order valence-electron chi connectivity index (χ0n) is 38.0. The van der Waals surface area contributed by atoms with Crippen LogP contribution in [0.1, 0.15) is 98.7 Å². The van der Waals surface area contributed by atoms with Gasteiger partial charge in [-0.2, -0.15) is 0 Å². The molecule has 0 aliphatic carbocycles. The fourth-order valence-corrected chi connectivity index (χ4v) is 6.09. The molecule has 0 saturated carbocycles. The third-order valence-electron chi connectivity index (χ3n) is 9.27. The normalized spacial score (nSPS) is 15.0. The minimum atomic E-state index is -2.22. The lowest BCUT2D eigenvalue weighted by Gasteiger charge is -2.26. The Morgan fingerprint density at radius 2 is 1.28 bits per heavy atom. The van der Waals surface area contributed by atoms with Crippen molar-refractivity contribution in [3.63, 3.8) is 0 Å². The number of benzene rings is 3. The molecule has 3 aromatic carbocycles.